The van der Waals surface area contributed by atoms with Crippen molar-refractivity contribution < 1.29 is 4.74 Å². The molecule has 3 nitrogen and oxygen atoms in total. The second-order valence-electron chi connectivity index (χ2n) is 5.92. The molecule has 1 heterocycles. The van der Waals surface area contributed by atoms with E-state index in [-0.39, 0.29) is 5.60 Å². The van der Waals surface area contributed by atoms with Crippen LogP contribution in [-0.4, -0.2) is 18.1 Å². The Bertz CT molecular complexity index is 422. The van der Waals surface area contributed by atoms with Crippen molar-refractivity contribution in [1.29, 1.82) is 0 Å². The zero-order valence-electron chi connectivity index (χ0n) is 13.3. The molecule has 114 valence electrons. The van der Waals surface area contributed by atoms with Crippen LogP contribution in [0.3, 0.4) is 0 Å². The normalized spacial score (nSPS) is 26.9. The van der Waals surface area contributed by atoms with Gasteiger partial charge in [0.1, 0.15) is 10.6 Å². The summed E-state index contributed by atoms with van der Waals surface area (Å²) in [5.41, 5.74) is 1.06. The standard InChI is InChI=1S/C16H28N2OS/c1-5-17-11-14-13(4)18-15(20-14)16(19-6-2)9-7-12(3)8-10-16/h12,17H,5-11H2,1-4H3. The maximum Gasteiger partial charge on any atom is 0.125 e. The van der Waals surface area contributed by atoms with Crippen LogP contribution in [-0.2, 0) is 16.9 Å². The Labute approximate surface area is 127 Å². The van der Waals surface area contributed by atoms with Gasteiger partial charge in [0.05, 0.1) is 5.69 Å². The summed E-state index contributed by atoms with van der Waals surface area (Å²) in [6.45, 7) is 11.4. The lowest BCUT2D eigenvalue weighted by molar-refractivity contribution is -0.0776. The molecule has 2 rings (SSSR count). The van der Waals surface area contributed by atoms with Gasteiger partial charge in [-0.1, -0.05) is 13.8 Å². The maximum absolute atomic E-state index is 6.21. The lowest BCUT2D eigenvalue weighted by Crippen LogP contribution is -2.34. The Hall–Kier alpha value is -0.450. The quantitative estimate of drug-likeness (QED) is 0.861. The van der Waals surface area contributed by atoms with Crippen molar-refractivity contribution in [3.63, 3.8) is 0 Å². The average Bonchev–Trinajstić information content (AvgIpc) is 2.81. The van der Waals surface area contributed by atoms with E-state index in [1.165, 1.54) is 28.4 Å². The summed E-state index contributed by atoms with van der Waals surface area (Å²) in [6.07, 6.45) is 4.74. The molecule has 1 saturated carbocycles. The van der Waals surface area contributed by atoms with Crippen molar-refractivity contribution in [2.45, 2.75) is 65.5 Å². The minimum Gasteiger partial charge on any atom is -0.368 e. The van der Waals surface area contributed by atoms with Crippen LogP contribution in [0.4, 0.5) is 0 Å². The van der Waals surface area contributed by atoms with Crippen LogP contribution in [0.1, 0.15) is 62.0 Å². The molecule has 1 aliphatic carbocycles. The monoisotopic (exact) mass is 296 g/mol. The van der Waals surface area contributed by atoms with E-state index < -0.39 is 0 Å². The molecule has 20 heavy (non-hydrogen) atoms. The summed E-state index contributed by atoms with van der Waals surface area (Å²) in [4.78, 5) is 6.22. The molecule has 4 heteroatoms. The van der Waals surface area contributed by atoms with E-state index in [2.05, 4.69) is 33.0 Å². The third kappa shape index (κ3) is 3.41. The SMILES string of the molecule is CCNCc1sc(C2(OCC)CCC(C)CC2)nc1C. The van der Waals surface area contributed by atoms with E-state index in [0.29, 0.717) is 0 Å². The van der Waals surface area contributed by atoms with Crippen molar-refractivity contribution in [3.8, 4) is 0 Å². The highest BCUT2D eigenvalue weighted by Crippen LogP contribution is 2.44. The molecule has 1 fully saturated rings. The van der Waals surface area contributed by atoms with E-state index >= 15 is 0 Å². The molecule has 0 radical (unpaired) electrons. The number of thiazole rings is 1. The first kappa shape index (κ1) is 15.9. The molecule has 0 aliphatic heterocycles. The molecular weight excluding hydrogens is 268 g/mol. The van der Waals surface area contributed by atoms with Crippen LogP contribution >= 0.6 is 11.3 Å². The zero-order chi connectivity index (χ0) is 14.6. The predicted octanol–water partition coefficient (Wildman–Crippen LogP) is 4.00. The van der Waals surface area contributed by atoms with Gasteiger partial charge in [-0.25, -0.2) is 4.98 Å². The largest absolute Gasteiger partial charge is 0.368 e. The molecule has 1 aromatic rings. The van der Waals surface area contributed by atoms with Crippen LogP contribution < -0.4 is 5.32 Å². The fourth-order valence-electron chi connectivity index (χ4n) is 2.95. The Morgan fingerprint density at radius 3 is 2.65 bits per heavy atom. The van der Waals surface area contributed by atoms with Crippen LogP contribution in [0.25, 0.3) is 0 Å². The summed E-state index contributed by atoms with van der Waals surface area (Å²) in [5, 5.41) is 4.61. The van der Waals surface area contributed by atoms with E-state index in [4.69, 9.17) is 9.72 Å². The van der Waals surface area contributed by atoms with Crippen molar-refractivity contribution in [1.82, 2.24) is 10.3 Å². The molecule has 0 unspecified atom stereocenters. The summed E-state index contributed by atoms with van der Waals surface area (Å²) in [7, 11) is 0. The highest BCUT2D eigenvalue weighted by molar-refractivity contribution is 7.11. The molecule has 0 spiro atoms. The molecule has 0 amide bonds. The molecular formula is C16H28N2OS. The number of nitrogens with zero attached hydrogens (tertiary/aromatic N) is 1. The number of ether oxygens (including phenoxy) is 1. The number of hydrogen-bond donors (Lipinski definition) is 1. The van der Waals surface area contributed by atoms with E-state index in [0.717, 1.165) is 38.5 Å². The van der Waals surface area contributed by atoms with E-state index in [1.807, 2.05) is 11.3 Å². The van der Waals surface area contributed by atoms with Crippen LogP contribution in [0.15, 0.2) is 0 Å². The Balaban J connectivity index is 2.21. The molecule has 1 N–H and O–H groups in total. The van der Waals surface area contributed by atoms with Crippen molar-refractivity contribution in [2.24, 2.45) is 5.92 Å². The number of aryl methyl sites for hydroxylation is 1. The first-order chi connectivity index (χ1) is 9.61. The molecule has 0 aromatic carbocycles. The minimum atomic E-state index is -0.110. The van der Waals surface area contributed by atoms with Gasteiger partial charge in [-0.3, -0.25) is 0 Å². The van der Waals surface area contributed by atoms with Gasteiger partial charge < -0.3 is 10.1 Å². The Kier molecular flexibility index (Phi) is 5.58. The summed E-state index contributed by atoms with van der Waals surface area (Å²) < 4.78 is 6.21. The van der Waals surface area contributed by atoms with E-state index in [9.17, 15) is 0 Å². The second kappa shape index (κ2) is 7.01. The van der Waals surface area contributed by atoms with Gasteiger partial charge in [0.2, 0.25) is 0 Å². The fourth-order valence-corrected chi connectivity index (χ4v) is 4.18. The van der Waals surface area contributed by atoms with Gasteiger partial charge in [0.15, 0.2) is 0 Å². The molecule has 0 bridgehead atoms. The fraction of sp³-hybridized carbons (Fsp3) is 0.812. The summed E-state index contributed by atoms with van der Waals surface area (Å²) >= 11 is 1.85. The highest BCUT2D eigenvalue weighted by Gasteiger charge is 2.39. The van der Waals surface area contributed by atoms with Gasteiger partial charge in [0.25, 0.3) is 0 Å². The molecule has 1 aliphatic rings. The lowest BCUT2D eigenvalue weighted by Gasteiger charge is -2.37. The van der Waals surface area contributed by atoms with Crippen molar-refractivity contribution >= 4 is 11.3 Å². The minimum absolute atomic E-state index is 0.110. The first-order valence-corrected chi connectivity index (χ1v) is 8.74. The predicted molar refractivity (Wildman–Crippen MR) is 85.2 cm³/mol. The average molecular weight is 296 g/mol. The molecule has 0 saturated heterocycles. The van der Waals surface area contributed by atoms with Gasteiger partial charge in [0, 0.05) is 18.0 Å². The number of rotatable bonds is 6. The Morgan fingerprint density at radius 1 is 1.35 bits per heavy atom. The summed E-state index contributed by atoms with van der Waals surface area (Å²) in [6, 6.07) is 0. The zero-order valence-corrected chi connectivity index (χ0v) is 14.1. The summed E-state index contributed by atoms with van der Waals surface area (Å²) in [5.74, 6) is 0.825. The van der Waals surface area contributed by atoms with Crippen molar-refractivity contribution in [2.75, 3.05) is 13.2 Å². The number of hydrogen-bond acceptors (Lipinski definition) is 4. The number of aromatic nitrogens is 1. The molecule has 1 aromatic heterocycles. The van der Waals surface area contributed by atoms with Gasteiger partial charge in [-0.15, -0.1) is 11.3 Å². The maximum atomic E-state index is 6.21. The van der Waals surface area contributed by atoms with Crippen LogP contribution in [0.5, 0.6) is 0 Å². The Morgan fingerprint density at radius 2 is 2.05 bits per heavy atom. The van der Waals surface area contributed by atoms with Crippen LogP contribution in [0, 0.1) is 12.8 Å². The first-order valence-electron chi connectivity index (χ1n) is 7.92. The third-order valence-corrected chi connectivity index (χ3v) is 5.66. The smallest absolute Gasteiger partial charge is 0.125 e. The van der Waals surface area contributed by atoms with Crippen molar-refractivity contribution in [3.05, 3.63) is 15.6 Å². The van der Waals surface area contributed by atoms with Gasteiger partial charge >= 0.3 is 0 Å². The third-order valence-electron chi connectivity index (χ3n) is 4.32. The topological polar surface area (TPSA) is 34.1 Å². The molecule has 0 atom stereocenters. The van der Waals surface area contributed by atoms with Gasteiger partial charge in [-0.05, 0) is 52.0 Å². The lowest BCUT2D eigenvalue weighted by atomic mass is 9.79. The number of nitrogens with one attached hydrogen (secondary N) is 1. The second-order valence-corrected chi connectivity index (χ2v) is 7.00. The van der Waals surface area contributed by atoms with Gasteiger partial charge in [-0.2, -0.15) is 0 Å². The van der Waals surface area contributed by atoms with E-state index in [1.54, 1.807) is 0 Å². The van der Waals surface area contributed by atoms with Crippen LogP contribution in [0.2, 0.25) is 0 Å². The highest BCUT2D eigenvalue weighted by atomic mass is 32.1.